The predicted molar refractivity (Wildman–Crippen MR) is 106 cm³/mol. The van der Waals surface area contributed by atoms with Crippen LogP contribution in [-0.2, 0) is 16.0 Å². The number of aryl methyl sites for hydroxylation is 1. The van der Waals surface area contributed by atoms with E-state index in [4.69, 9.17) is 9.47 Å². The number of carbonyl (C=O) groups excluding carboxylic acids is 1. The molecule has 0 saturated carbocycles. The molecule has 0 aliphatic carbocycles. The SMILES string of the molecule is CCc1cc(-c2ccccc2)nc(OC(C(=O)OC)c2ccccc2)c1C#N. The van der Waals surface area contributed by atoms with Gasteiger partial charge in [0.25, 0.3) is 0 Å². The summed E-state index contributed by atoms with van der Waals surface area (Å²) < 4.78 is 10.9. The van der Waals surface area contributed by atoms with E-state index in [0.717, 1.165) is 11.1 Å². The summed E-state index contributed by atoms with van der Waals surface area (Å²) in [5, 5.41) is 9.68. The summed E-state index contributed by atoms with van der Waals surface area (Å²) in [5.74, 6) is -0.431. The average Bonchev–Trinajstić information content (AvgIpc) is 2.77. The number of hydrogen-bond donors (Lipinski definition) is 0. The molecule has 3 rings (SSSR count). The fourth-order valence-electron chi connectivity index (χ4n) is 2.91. The van der Waals surface area contributed by atoms with E-state index in [1.165, 1.54) is 7.11 Å². The van der Waals surface area contributed by atoms with Gasteiger partial charge in [-0.1, -0.05) is 67.6 Å². The maximum atomic E-state index is 12.4. The van der Waals surface area contributed by atoms with Crippen molar-refractivity contribution < 1.29 is 14.3 Å². The first kappa shape index (κ1) is 19.1. The van der Waals surface area contributed by atoms with Crippen LogP contribution >= 0.6 is 0 Å². The highest BCUT2D eigenvalue weighted by Crippen LogP contribution is 2.30. The van der Waals surface area contributed by atoms with Crippen LogP contribution in [0.1, 0.15) is 29.7 Å². The van der Waals surface area contributed by atoms with Gasteiger partial charge in [-0.3, -0.25) is 0 Å². The molecule has 1 heterocycles. The molecule has 0 radical (unpaired) electrons. The van der Waals surface area contributed by atoms with Crippen molar-refractivity contribution in [3.05, 3.63) is 83.4 Å². The summed E-state index contributed by atoms with van der Waals surface area (Å²) in [6.45, 7) is 1.96. The first-order valence-corrected chi connectivity index (χ1v) is 8.96. The van der Waals surface area contributed by atoms with E-state index in [1.807, 2.05) is 61.5 Å². The van der Waals surface area contributed by atoms with Gasteiger partial charge in [0, 0.05) is 11.1 Å². The third-order valence-corrected chi connectivity index (χ3v) is 4.38. The lowest BCUT2D eigenvalue weighted by molar-refractivity contribution is -0.149. The number of benzene rings is 2. The minimum absolute atomic E-state index is 0.125. The quantitative estimate of drug-likeness (QED) is 0.597. The fourth-order valence-corrected chi connectivity index (χ4v) is 2.91. The van der Waals surface area contributed by atoms with Crippen LogP contribution in [0.5, 0.6) is 5.88 Å². The largest absolute Gasteiger partial charge is 0.466 e. The van der Waals surface area contributed by atoms with Crippen molar-refractivity contribution in [1.29, 1.82) is 5.26 Å². The molecule has 5 nitrogen and oxygen atoms in total. The minimum atomic E-state index is -1.01. The first-order valence-electron chi connectivity index (χ1n) is 8.96. The molecule has 0 N–H and O–H groups in total. The monoisotopic (exact) mass is 372 g/mol. The summed E-state index contributed by atoms with van der Waals surface area (Å²) in [4.78, 5) is 16.9. The zero-order valence-corrected chi connectivity index (χ0v) is 15.8. The number of nitriles is 1. The van der Waals surface area contributed by atoms with Gasteiger partial charge in [-0.2, -0.15) is 5.26 Å². The summed E-state index contributed by atoms with van der Waals surface area (Å²) in [5.41, 5.74) is 3.35. The van der Waals surface area contributed by atoms with Crippen molar-refractivity contribution >= 4 is 5.97 Å². The highest BCUT2D eigenvalue weighted by atomic mass is 16.6. The molecule has 0 spiro atoms. The molecular formula is C23H20N2O3. The lowest BCUT2D eigenvalue weighted by atomic mass is 10.0. The maximum absolute atomic E-state index is 12.4. The number of pyridine rings is 1. The van der Waals surface area contributed by atoms with E-state index < -0.39 is 12.1 Å². The zero-order chi connectivity index (χ0) is 19.9. The van der Waals surface area contributed by atoms with Crippen molar-refractivity contribution in [2.75, 3.05) is 7.11 Å². The Bertz CT molecular complexity index is 996. The summed E-state index contributed by atoms with van der Waals surface area (Å²) in [6.07, 6.45) is -0.378. The maximum Gasteiger partial charge on any atom is 0.351 e. The van der Waals surface area contributed by atoms with Crippen LogP contribution in [0.4, 0.5) is 0 Å². The molecule has 0 bridgehead atoms. The Morgan fingerprint density at radius 2 is 1.75 bits per heavy atom. The number of ether oxygens (including phenoxy) is 2. The van der Waals surface area contributed by atoms with Gasteiger partial charge in [0.1, 0.15) is 11.6 Å². The Labute approximate surface area is 164 Å². The molecule has 0 fully saturated rings. The van der Waals surface area contributed by atoms with E-state index in [-0.39, 0.29) is 5.88 Å². The van der Waals surface area contributed by atoms with Gasteiger partial charge in [-0.15, -0.1) is 0 Å². The summed E-state index contributed by atoms with van der Waals surface area (Å²) >= 11 is 0. The van der Waals surface area contributed by atoms with Crippen LogP contribution < -0.4 is 4.74 Å². The number of methoxy groups -OCH3 is 1. The van der Waals surface area contributed by atoms with Crippen LogP contribution in [0.2, 0.25) is 0 Å². The molecule has 5 heteroatoms. The first-order chi connectivity index (χ1) is 13.7. The standard InChI is InChI=1S/C23H20N2O3/c1-3-16-14-20(17-10-6-4-7-11-17)25-22(19(16)15-24)28-21(23(26)27-2)18-12-8-5-9-13-18/h4-14,21H,3H2,1-2H3. The van der Waals surface area contributed by atoms with E-state index >= 15 is 0 Å². The number of esters is 1. The smallest absolute Gasteiger partial charge is 0.351 e. The Kier molecular flexibility index (Phi) is 6.03. The average molecular weight is 372 g/mol. The highest BCUT2D eigenvalue weighted by Gasteiger charge is 2.26. The van der Waals surface area contributed by atoms with Crippen LogP contribution in [0.3, 0.4) is 0 Å². The molecule has 140 valence electrons. The van der Waals surface area contributed by atoms with Crippen molar-refractivity contribution in [2.45, 2.75) is 19.4 Å². The van der Waals surface area contributed by atoms with Gasteiger partial charge in [0.15, 0.2) is 0 Å². The number of aromatic nitrogens is 1. The predicted octanol–water partition coefficient (Wildman–Crippen LogP) is 4.48. The Morgan fingerprint density at radius 1 is 1.11 bits per heavy atom. The topological polar surface area (TPSA) is 72.2 Å². The van der Waals surface area contributed by atoms with Gasteiger partial charge >= 0.3 is 5.97 Å². The Morgan fingerprint density at radius 3 is 2.32 bits per heavy atom. The van der Waals surface area contributed by atoms with Crippen molar-refractivity contribution in [2.24, 2.45) is 0 Å². The molecule has 0 saturated heterocycles. The third-order valence-electron chi connectivity index (χ3n) is 4.38. The van der Waals surface area contributed by atoms with Crippen LogP contribution in [0.15, 0.2) is 66.7 Å². The zero-order valence-electron chi connectivity index (χ0n) is 15.8. The Balaban J connectivity index is 2.11. The van der Waals surface area contributed by atoms with Gasteiger partial charge in [-0.25, -0.2) is 9.78 Å². The molecule has 1 unspecified atom stereocenters. The van der Waals surface area contributed by atoms with Crippen LogP contribution in [0.25, 0.3) is 11.3 Å². The Hall–Kier alpha value is -3.65. The molecule has 2 aromatic carbocycles. The van der Waals surface area contributed by atoms with E-state index in [1.54, 1.807) is 12.1 Å². The number of carbonyl (C=O) groups is 1. The second-order valence-electron chi connectivity index (χ2n) is 6.11. The number of nitrogens with zero attached hydrogens (tertiary/aromatic N) is 2. The normalized spacial score (nSPS) is 11.3. The van der Waals surface area contributed by atoms with Crippen LogP contribution in [-0.4, -0.2) is 18.1 Å². The molecule has 3 aromatic rings. The third kappa shape index (κ3) is 4.02. The lowest BCUT2D eigenvalue weighted by Crippen LogP contribution is -2.21. The molecule has 28 heavy (non-hydrogen) atoms. The van der Waals surface area contributed by atoms with Gasteiger partial charge in [-0.05, 0) is 18.1 Å². The van der Waals surface area contributed by atoms with Gasteiger partial charge < -0.3 is 9.47 Å². The van der Waals surface area contributed by atoms with Crippen LogP contribution in [0, 0.1) is 11.3 Å². The van der Waals surface area contributed by atoms with Crippen molar-refractivity contribution in [3.8, 4) is 23.2 Å². The second-order valence-corrected chi connectivity index (χ2v) is 6.11. The number of hydrogen-bond acceptors (Lipinski definition) is 5. The molecule has 0 aliphatic rings. The summed E-state index contributed by atoms with van der Waals surface area (Å²) in [6, 6.07) is 22.7. The van der Waals surface area contributed by atoms with Gasteiger partial charge in [0.2, 0.25) is 12.0 Å². The molecule has 0 aliphatic heterocycles. The van der Waals surface area contributed by atoms with Crippen molar-refractivity contribution in [3.63, 3.8) is 0 Å². The van der Waals surface area contributed by atoms with E-state index in [2.05, 4.69) is 11.1 Å². The number of rotatable bonds is 6. The van der Waals surface area contributed by atoms with Gasteiger partial charge in [0.05, 0.1) is 12.8 Å². The lowest BCUT2D eigenvalue weighted by Gasteiger charge is -2.19. The summed E-state index contributed by atoms with van der Waals surface area (Å²) in [7, 11) is 1.30. The fraction of sp³-hybridized carbons (Fsp3) is 0.174. The molecule has 0 amide bonds. The highest BCUT2D eigenvalue weighted by molar-refractivity contribution is 5.77. The van der Waals surface area contributed by atoms with E-state index in [0.29, 0.717) is 23.2 Å². The molecule has 1 aromatic heterocycles. The van der Waals surface area contributed by atoms with Crippen molar-refractivity contribution in [1.82, 2.24) is 4.98 Å². The minimum Gasteiger partial charge on any atom is -0.466 e. The molecular weight excluding hydrogens is 352 g/mol. The van der Waals surface area contributed by atoms with E-state index in [9.17, 15) is 10.1 Å². The molecule has 1 atom stereocenters. The second kappa shape index (κ2) is 8.83.